The summed E-state index contributed by atoms with van der Waals surface area (Å²) in [6, 6.07) is 14.1. The van der Waals surface area contributed by atoms with Crippen molar-refractivity contribution in [3.05, 3.63) is 72.1 Å². The maximum Gasteiger partial charge on any atom is 0.416 e. The second-order valence-electron chi connectivity index (χ2n) is 5.69. The minimum atomic E-state index is -4.36. The maximum absolute atomic E-state index is 12.6. The molecule has 3 aromatic rings. The summed E-state index contributed by atoms with van der Waals surface area (Å²) in [7, 11) is 1.61. The van der Waals surface area contributed by atoms with Gasteiger partial charge in [-0.1, -0.05) is 12.1 Å². The highest BCUT2D eigenvalue weighted by Gasteiger charge is 2.29. The first-order valence-corrected chi connectivity index (χ1v) is 8.07. The highest BCUT2D eigenvalue weighted by Crippen LogP contribution is 2.30. The van der Waals surface area contributed by atoms with Crippen molar-refractivity contribution in [2.24, 2.45) is 0 Å². The van der Waals surface area contributed by atoms with Crippen LogP contribution in [0.5, 0.6) is 5.75 Å². The third-order valence-corrected chi connectivity index (χ3v) is 3.78. The molecule has 0 saturated carbocycles. The highest BCUT2D eigenvalue weighted by atomic mass is 19.4. The van der Waals surface area contributed by atoms with Gasteiger partial charge in [-0.05, 0) is 42.0 Å². The molecule has 0 bridgehead atoms. The monoisotopic (exact) mass is 374 g/mol. The van der Waals surface area contributed by atoms with E-state index in [1.54, 1.807) is 13.2 Å². The maximum atomic E-state index is 12.6. The van der Waals surface area contributed by atoms with E-state index in [9.17, 15) is 13.2 Å². The molecule has 0 fully saturated rings. The van der Waals surface area contributed by atoms with Gasteiger partial charge in [0.05, 0.1) is 12.7 Å². The summed E-state index contributed by atoms with van der Waals surface area (Å²) < 4.78 is 42.9. The molecule has 0 unspecified atom stereocenters. The number of nitrogens with zero attached hydrogens (tertiary/aromatic N) is 2. The number of halogens is 3. The first-order chi connectivity index (χ1) is 12.9. The number of anilines is 3. The van der Waals surface area contributed by atoms with E-state index in [-0.39, 0.29) is 0 Å². The van der Waals surface area contributed by atoms with Crippen molar-refractivity contribution in [1.82, 2.24) is 9.97 Å². The lowest BCUT2D eigenvalue weighted by molar-refractivity contribution is -0.137. The molecule has 140 valence electrons. The van der Waals surface area contributed by atoms with E-state index in [4.69, 9.17) is 4.74 Å². The third-order valence-electron chi connectivity index (χ3n) is 3.78. The zero-order chi connectivity index (χ0) is 19.3. The Morgan fingerprint density at radius 3 is 2.22 bits per heavy atom. The molecule has 2 N–H and O–H groups in total. The number of methoxy groups -OCH3 is 1. The molecule has 2 aromatic carbocycles. The Balaban J connectivity index is 1.62. The smallest absolute Gasteiger partial charge is 0.416 e. The molecule has 0 aliphatic rings. The van der Waals surface area contributed by atoms with Crippen molar-refractivity contribution < 1.29 is 17.9 Å². The van der Waals surface area contributed by atoms with Gasteiger partial charge in [0.15, 0.2) is 0 Å². The van der Waals surface area contributed by atoms with E-state index in [2.05, 4.69) is 20.6 Å². The SMILES string of the molecule is COc1ccc(CNc2cc(Nc3ccc(C(F)(F)F)cc3)ncn2)cc1. The van der Waals surface area contributed by atoms with E-state index >= 15 is 0 Å². The first-order valence-electron chi connectivity index (χ1n) is 8.07. The van der Waals surface area contributed by atoms with Crippen LogP contribution in [0.15, 0.2) is 60.9 Å². The Morgan fingerprint density at radius 1 is 0.926 bits per heavy atom. The number of alkyl halides is 3. The summed E-state index contributed by atoms with van der Waals surface area (Å²) in [6.07, 6.45) is -2.98. The van der Waals surface area contributed by atoms with Gasteiger partial charge in [0.1, 0.15) is 23.7 Å². The normalized spacial score (nSPS) is 11.1. The van der Waals surface area contributed by atoms with Gasteiger partial charge >= 0.3 is 6.18 Å². The number of hydrogen-bond donors (Lipinski definition) is 2. The molecule has 0 atom stereocenters. The molecular formula is C19H17F3N4O. The molecule has 3 rings (SSSR count). The van der Waals surface area contributed by atoms with Gasteiger partial charge in [0.25, 0.3) is 0 Å². The largest absolute Gasteiger partial charge is 0.497 e. The van der Waals surface area contributed by atoms with Gasteiger partial charge in [-0.3, -0.25) is 0 Å². The molecular weight excluding hydrogens is 357 g/mol. The second kappa shape index (κ2) is 7.94. The van der Waals surface area contributed by atoms with Crippen molar-refractivity contribution in [3.63, 3.8) is 0 Å². The predicted molar refractivity (Wildman–Crippen MR) is 97.1 cm³/mol. The lowest BCUT2D eigenvalue weighted by atomic mass is 10.2. The lowest BCUT2D eigenvalue weighted by Gasteiger charge is -2.10. The number of rotatable bonds is 6. The van der Waals surface area contributed by atoms with E-state index < -0.39 is 11.7 Å². The molecule has 0 aliphatic carbocycles. The summed E-state index contributed by atoms with van der Waals surface area (Å²) in [6.45, 7) is 0.556. The fourth-order valence-corrected chi connectivity index (χ4v) is 2.35. The standard InChI is InChI=1S/C19H17F3N4O/c1-27-16-8-2-13(3-9-16)11-23-17-10-18(25-12-24-17)26-15-6-4-14(5-7-15)19(20,21)22/h2-10,12H,11H2,1H3,(H2,23,24,25,26). The molecule has 8 heteroatoms. The second-order valence-corrected chi connectivity index (χ2v) is 5.69. The van der Waals surface area contributed by atoms with E-state index in [0.717, 1.165) is 23.4 Å². The average molecular weight is 374 g/mol. The molecule has 1 aromatic heterocycles. The van der Waals surface area contributed by atoms with Gasteiger partial charge in [0, 0.05) is 18.3 Å². The lowest BCUT2D eigenvalue weighted by Crippen LogP contribution is -2.05. The average Bonchev–Trinajstić information content (AvgIpc) is 2.67. The third kappa shape index (κ3) is 5.10. The highest BCUT2D eigenvalue weighted by molar-refractivity contribution is 5.59. The summed E-state index contributed by atoms with van der Waals surface area (Å²) in [4.78, 5) is 8.22. The van der Waals surface area contributed by atoms with Crippen LogP contribution in [0.2, 0.25) is 0 Å². The van der Waals surface area contributed by atoms with Gasteiger partial charge in [-0.25, -0.2) is 9.97 Å². The van der Waals surface area contributed by atoms with Crippen LogP contribution in [0.3, 0.4) is 0 Å². The van der Waals surface area contributed by atoms with E-state index in [1.807, 2.05) is 24.3 Å². The van der Waals surface area contributed by atoms with Crippen molar-refractivity contribution >= 4 is 17.3 Å². The van der Waals surface area contributed by atoms with Gasteiger partial charge < -0.3 is 15.4 Å². The minimum absolute atomic E-state index is 0.474. The summed E-state index contributed by atoms with van der Waals surface area (Å²) >= 11 is 0. The first kappa shape index (κ1) is 18.5. The Hall–Kier alpha value is -3.29. The van der Waals surface area contributed by atoms with E-state index in [1.165, 1.54) is 18.5 Å². The van der Waals surface area contributed by atoms with Crippen LogP contribution in [-0.2, 0) is 12.7 Å². The van der Waals surface area contributed by atoms with E-state index in [0.29, 0.717) is 23.9 Å². The van der Waals surface area contributed by atoms with Crippen molar-refractivity contribution in [2.45, 2.75) is 12.7 Å². The molecule has 27 heavy (non-hydrogen) atoms. The van der Waals surface area contributed by atoms with Gasteiger partial charge in [0.2, 0.25) is 0 Å². The van der Waals surface area contributed by atoms with Crippen molar-refractivity contribution in [1.29, 1.82) is 0 Å². The summed E-state index contributed by atoms with van der Waals surface area (Å²) in [5, 5.41) is 6.13. The van der Waals surface area contributed by atoms with Gasteiger partial charge in [-0.2, -0.15) is 13.2 Å². The molecule has 0 radical (unpaired) electrons. The zero-order valence-corrected chi connectivity index (χ0v) is 14.4. The number of aromatic nitrogens is 2. The summed E-state index contributed by atoms with van der Waals surface area (Å²) in [5.41, 5.74) is 0.854. The number of benzene rings is 2. The molecule has 0 spiro atoms. The van der Waals surface area contributed by atoms with Gasteiger partial charge in [-0.15, -0.1) is 0 Å². The molecule has 0 saturated heterocycles. The van der Waals surface area contributed by atoms with Crippen molar-refractivity contribution in [3.8, 4) is 5.75 Å². The molecule has 5 nitrogen and oxygen atoms in total. The quantitative estimate of drug-likeness (QED) is 0.645. The fraction of sp³-hybridized carbons (Fsp3) is 0.158. The van der Waals surface area contributed by atoms with Crippen LogP contribution in [0.4, 0.5) is 30.5 Å². The Labute approximate surface area is 154 Å². The Kier molecular flexibility index (Phi) is 5.44. The van der Waals surface area contributed by atoms with Crippen LogP contribution in [0.1, 0.15) is 11.1 Å². The van der Waals surface area contributed by atoms with Crippen LogP contribution < -0.4 is 15.4 Å². The Morgan fingerprint density at radius 2 is 1.59 bits per heavy atom. The fourth-order valence-electron chi connectivity index (χ4n) is 2.35. The molecule has 0 amide bonds. The minimum Gasteiger partial charge on any atom is -0.497 e. The Bertz CT molecular complexity index is 881. The summed E-state index contributed by atoms with van der Waals surface area (Å²) in [5.74, 6) is 1.85. The van der Waals surface area contributed by atoms with Crippen LogP contribution in [0, 0.1) is 0 Å². The molecule has 0 aliphatic heterocycles. The van der Waals surface area contributed by atoms with Crippen molar-refractivity contribution in [2.75, 3.05) is 17.7 Å². The van der Waals surface area contributed by atoms with Crippen LogP contribution in [0.25, 0.3) is 0 Å². The topological polar surface area (TPSA) is 59.1 Å². The van der Waals surface area contributed by atoms with Crippen LogP contribution >= 0.6 is 0 Å². The number of nitrogens with one attached hydrogen (secondary N) is 2. The zero-order valence-electron chi connectivity index (χ0n) is 14.4. The predicted octanol–water partition coefficient (Wildman–Crippen LogP) is 4.86. The van der Waals surface area contributed by atoms with Crippen LogP contribution in [-0.4, -0.2) is 17.1 Å². The molecule has 1 heterocycles. The number of hydrogen-bond acceptors (Lipinski definition) is 5. The number of ether oxygens (including phenoxy) is 1.